The number of hydrogen-bond donors (Lipinski definition) is 1. The molecule has 21 heavy (non-hydrogen) atoms. The van der Waals surface area contributed by atoms with Gasteiger partial charge in [-0.1, -0.05) is 18.2 Å². The third-order valence-corrected chi connectivity index (χ3v) is 4.26. The van der Waals surface area contributed by atoms with Crippen molar-refractivity contribution in [3.05, 3.63) is 59.9 Å². The van der Waals surface area contributed by atoms with E-state index in [1.807, 2.05) is 48.5 Å². The average Bonchev–Trinajstić information content (AvgIpc) is 2.96. The molecule has 1 aromatic heterocycles. The Morgan fingerprint density at radius 1 is 1.14 bits per heavy atom. The van der Waals surface area contributed by atoms with Crippen molar-refractivity contribution < 1.29 is 0 Å². The summed E-state index contributed by atoms with van der Waals surface area (Å²) in [7, 11) is 0. The minimum atomic E-state index is 0.701. The van der Waals surface area contributed by atoms with Crippen LogP contribution in [0.2, 0.25) is 0 Å². The first-order chi connectivity index (χ1) is 10.2. The number of hydrogen-bond acceptors (Lipinski definition) is 5. The molecule has 3 aromatic rings. The SMILES string of the molecule is Cc1cc(N)ccc1SCc1nnnn1-c1ccccc1. The van der Waals surface area contributed by atoms with Gasteiger partial charge in [0.15, 0.2) is 5.82 Å². The molecule has 2 N–H and O–H groups in total. The third-order valence-electron chi connectivity index (χ3n) is 3.09. The lowest BCUT2D eigenvalue weighted by atomic mass is 10.2. The number of rotatable bonds is 4. The number of thioether (sulfide) groups is 1. The molecule has 5 nitrogen and oxygen atoms in total. The second-order valence-electron chi connectivity index (χ2n) is 4.66. The predicted octanol–water partition coefficient (Wildman–Crippen LogP) is 2.85. The molecule has 0 aliphatic heterocycles. The second-order valence-corrected chi connectivity index (χ2v) is 5.67. The van der Waals surface area contributed by atoms with Gasteiger partial charge in [0.2, 0.25) is 0 Å². The van der Waals surface area contributed by atoms with E-state index in [1.165, 1.54) is 10.5 Å². The van der Waals surface area contributed by atoms with E-state index in [-0.39, 0.29) is 0 Å². The van der Waals surface area contributed by atoms with Gasteiger partial charge in [-0.15, -0.1) is 16.9 Å². The van der Waals surface area contributed by atoms with E-state index >= 15 is 0 Å². The number of benzene rings is 2. The van der Waals surface area contributed by atoms with Crippen LogP contribution in [0, 0.1) is 6.92 Å². The lowest BCUT2D eigenvalue weighted by Crippen LogP contribution is -2.01. The van der Waals surface area contributed by atoms with E-state index in [9.17, 15) is 0 Å². The molecule has 0 saturated heterocycles. The fourth-order valence-electron chi connectivity index (χ4n) is 2.04. The van der Waals surface area contributed by atoms with E-state index in [1.54, 1.807) is 16.4 Å². The van der Waals surface area contributed by atoms with Gasteiger partial charge < -0.3 is 5.73 Å². The lowest BCUT2D eigenvalue weighted by molar-refractivity contribution is 0.777. The molecule has 0 bridgehead atoms. The van der Waals surface area contributed by atoms with Crippen LogP contribution >= 0.6 is 11.8 Å². The normalized spacial score (nSPS) is 10.7. The van der Waals surface area contributed by atoms with E-state index in [0.717, 1.165) is 17.2 Å². The zero-order chi connectivity index (χ0) is 14.7. The Balaban J connectivity index is 1.79. The summed E-state index contributed by atoms with van der Waals surface area (Å²) >= 11 is 1.70. The molecule has 0 atom stereocenters. The maximum atomic E-state index is 5.77. The van der Waals surface area contributed by atoms with Gasteiger partial charge in [0.25, 0.3) is 0 Å². The van der Waals surface area contributed by atoms with Gasteiger partial charge in [0.05, 0.1) is 11.4 Å². The van der Waals surface area contributed by atoms with E-state index < -0.39 is 0 Å². The van der Waals surface area contributed by atoms with E-state index in [2.05, 4.69) is 22.4 Å². The largest absolute Gasteiger partial charge is 0.399 e. The minimum absolute atomic E-state index is 0.701. The molecule has 106 valence electrons. The Kier molecular flexibility index (Phi) is 3.87. The Labute approximate surface area is 127 Å². The number of aryl methyl sites for hydroxylation is 1. The van der Waals surface area contributed by atoms with Crippen molar-refractivity contribution in [3.63, 3.8) is 0 Å². The molecule has 3 rings (SSSR count). The van der Waals surface area contributed by atoms with Crippen LogP contribution < -0.4 is 5.73 Å². The zero-order valence-electron chi connectivity index (χ0n) is 11.6. The van der Waals surface area contributed by atoms with Crippen molar-refractivity contribution in [2.45, 2.75) is 17.6 Å². The summed E-state index contributed by atoms with van der Waals surface area (Å²) in [6.07, 6.45) is 0. The standard InChI is InChI=1S/C15H15N5S/c1-11-9-12(16)7-8-14(11)21-10-15-17-18-19-20(15)13-5-3-2-4-6-13/h2-9H,10,16H2,1H3. The highest BCUT2D eigenvalue weighted by Crippen LogP contribution is 2.27. The first-order valence-corrected chi connectivity index (χ1v) is 7.54. The molecule has 0 spiro atoms. The first-order valence-electron chi connectivity index (χ1n) is 6.55. The van der Waals surface area contributed by atoms with E-state index in [0.29, 0.717) is 5.75 Å². The smallest absolute Gasteiger partial charge is 0.166 e. The summed E-state index contributed by atoms with van der Waals surface area (Å²) in [5, 5.41) is 11.9. The quantitative estimate of drug-likeness (QED) is 0.592. The molecule has 1 heterocycles. The van der Waals surface area contributed by atoms with Gasteiger partial charge in [-0.3, -0.25) is 0 Å². The van der Waals surface area contributed by atoms with Crippen LogP contribution in [0.15, 0.2) is 53.4 Å². The van der Waals surface area contributed by atoms with Crippen LogP contribution in [-0.4, -0.2) is 20.2 Å². The highest BCUT2D eigenvalue weighted by atomic mass is 32.2. The topological polar surface area (TPSA) is 69.6 Å². The average molecular weight is 297 g/mol. The number of nitrogen functional groups attached to an aromatic ring is 1. The van der Waals surface area contributed by atoms with Crippen molar-refractivity contribution in [1.29, 1.82) is 0 Å². The highest BCUT2D eigenvalue weighted by Gasteiger charge is 2.09. The van der Waals surface area contributed by atoms with Crippen molar-refractivity contribution in [2.75, 3.05) is 5.73 Å². The molecule has 0 unspecified atom stereocenters. The summed E-state index contributed by atoms with van der Waals surface area (Å²) in [5.41, 5.74) is 8.69. The number of tetrazole rings is 1. The molecular weight excluding hydrogens is 282 g/mol. The third kappa shape index (κ3) is 3.05. The highest BCUT2D eigenvalue weighted by molar-refractivity contribution is 7.98. The molecule has 0 amide bonds. The predicted molar refractivity (Wildman–Crippen MR) is 84.3 cm³/mol. The second kappa shape index (κ2) is 5.97. The monoisotopic (exact) mass is 297 g/mol. The van der Waals surface area contributed by atoms with Crippen LogP contribution in [0.1, 0.15) is 11.4 Å². The summed E-state index contributed by atoms with van der Waals surface area (Å²) in [5.74, 6) is 1.52. The van der Waals surface area contributed by atoms with Gasteiger partial charge in [0, 0.05) is 10.6 Å². The molecule has 0 saturated carbocycles. The molecule has 0 aliphatic rings. The minimum Gasteiger partial charge on any atom is -0.399 e. The molecule has 0 radical (unpaired) electrons. The van der Waals surface area contributed by atoms with Crippen molar-refractivity contribution in [2.24, 2.45) is 0 Å². The van der Waals surface area contributed by atoms with Crippen LogP contribution in [0.25, 0.3) is 5.69 Å². The van der Waals surface area contributed by atoms with Crippen LogP contribution in [0.3, 0.4) is 0 Å². The van der Waals surface area contributed by atoms with Crippen molar-refractivity contribution >= 4 is 17.4 Å². The van der Waals surface area contributed by atoms with Gasteiger partial charge in [0.1, 0.15) is 0 Å². The number of para-hydroxylation sites is 1. The van der Waals surface area contributed by atoms with Crippen LogP contribution in [0.4, 0.5) is 5.69 Å². The molecule has 0 aliphatic carbocycles. The summed E-state index contributed by atoms with van der Waals surface area (Å²) in [6, 6.07) is 15.8. The number of nitrogens with zero attached hydrogens (tertiary/aromatic N) is 4. The number of nitrogens with two attached hydrogens (primary N) is 1. The van der Waals surface area contributed by atoms with Gasteiger partial charge in [-0.2, -0.15) is 4.68 Å². The van der Waals surface area contributed by atoms with Gasteiger partial charge in [-0.25, -0.2) is 0 Å². The number of aromatic nitrogens is 4. The Morgan fingerprint density at radius 3 is 2.71 bits per heavy atom. The Bertz CT molecular complexity index is 739. The number of anilines is 1. The van der Waals surface area contributed by atoms with E-state index in [4.69, 9.17) is 5.73 Å². The lowest BCUT2D eigenvalue weighted by Gasteiger charge is -2.07. The first kappa shape index (κ1) is 13.6. The summed E-state index contributed by atoms with van der Waals surface area (Å²) < 4.78 is 1.76. The molecule has 6 heteroatoms. The maximum absolute atomic E-state index is 5.77. The Morgan fingerprint density at radius 2 is 1.95 bits per heavy atom. The van der Waals surface area contributed by atoms with Crippen molar-refractivity contribution in [1.82, 2.24) is 20.2 Å². The Hall–Kier alpha value is -2.34. The van der Waals surface area contributed by atoms with Crippen LogP contribution in [-0.2, 0) is 5.75 Å². The fourth-order valence-corrected chi connectivity index (χ4v) is 2.96. The van der Waals surface area contributed by atoms with Crippen molar-refractivity contribution in [3.8, 4) is 5.69 Å². The maximum Gasteiger partial charge on any atom is 0.166 e. The van der Waals surface area contributed by atoms with Crippen LogP contribution in [0.5, 0.6) is 0 Å². The molecule has 0 fully saturated rings. The van der Waals surface area contributed by atoms with Gasteiger partial charge >= 0.3 is 0 Å². The fraction of sp³-hybridized carbons (Fsp3) is 0.133. The zero-order valence-corrected chi connectivity index (χ0v) is 12.4. The molecular formula is C15H15N5S. The summed E-state index contributed by atoms with van der Waals surface area (Å²) in [4.78, 5) is 1.19. The van der Waals surface area contributed by atoms with Gasteiger partial charge in [-0.05, 0) is 53.2 Å². The molecule has 2 aromatic carbocycles. The summed E-state index contributed by atoms with van der Waals surface area (Å²) in [6.45, 7) is 2.05.